The number of hydrogen-bond acceptors (Lipinski definition) is 5. The minimum atomic E-state index is -0.600. The van der Waals surface area contributed by atoms with Crippen LogP contribution >= 0.6 is 15.9 Å². The SMILES string of the molecule is CCOc1cc(C(=O)OCC(=O)c2cc(C)n(CC)c2C)cc(Br)c1OC. The number of carbonyl (C=O) groups is 2. The van der Waals surface area contributed by atoms with E-state index < -0.39 is 5.97 Å². The van der Waals surface area contributed by atoms with Gasteiger partial charge in [-0.2, -0.15) is 0 Å². The van der Waals surface area contributed by atoms with Crippen LogP contribution in [0.4, 0.5) is 0 Å². The van der Waals surface area contributed by atoms with Crippen LogP contribution in [0.5, 0.6) is 11.5 Å². The minimum absolute atomic E-state index is 0.228. The molecule has 2 rings (SSSR count). The molecule has 0 spiro atoms. The van der Waals surface area contributed by atoms with Gasteiger partial charge in [0.05, 0.1) is 23.8 Å². The highest BCUT2D eigenvalue weighted by molar-refractivity contribution is 9.10. The lowest BCUT2D eigenvalue weighted by atomic mass is 10.1. The molecule has 0 bridgehead atoms. The van der Waals surface area contributed by atoms with Gasteiger partial charge in [-0.05, 0) is 61.8 Å². The maximum absolute atomic E-state index is 12.5. The van der Waals surface area contributed by atoms with Gasteiger partial charge in [-0.1, -0.05) is 0 Å². The number of nitrogens with zero attached hydrogens (tertiary/aromatic N) is 1. The number of esters is 1. The number of carbonyl (C=O) groups excluding carboxylic acids is 2. The molecule has 0 amide bonds. The van der Waals surface area contributed by atoms with Crippen LogP contribution < -0.4 is 9.47 Å². The standard InChI is InChI=1S/C20H24BrNO5/c1-6-22-12(3)8-15(13(22)4)17(23)11-27-20(24)14-9-16(21)19(25-5)18(10-14)26-7-2/h8-10H,6-7,11H2,1-5H3. The number of halogens is 1. The Morgan fingerprint density at radius 3 is 2.41 bits per heavy atom. The summed E-state index contributed by atoms with van der Waals surface area (Å²) >= 11 is 3.36. The van der Waals surface area contributed by atoms with Crippen molar-refractivity contribution >= 4 is 27.7 Å². The summed E-state index contributed by atoms with van der Waals surface area (Å²) in [5.74, 6) is 0.0985. The van der Waals surface area contributed by atoms with Crippen LogP contribution in [0.15, 0.2) is 22.7 Å². The van der Waals surface area contributed by atoms with E-state index in [-0.39, 0.29) is 18.0 Å². The second-order valence-electron chi connectivity index (χ2n) is 5.95. The molecule has 1 heterocycles. The van der Waals surface area contributed by atoms with E-state index in [4.69, 9.17) is 14.2 Å². The predicted octanol–water partition coefficient (Wildman–Crippen LogP) is 4.33. The summed E-state index contributed by atoms with van der Waals surface area (Å²) in [6, 6.07) is 4.95. The normalized spacial score (nSPS) is 10.6. The quantitative estimate of drug-likeness (QED) is 0.453. The van der Waals surface area contributed by atoms with Crippen LogP contribution in [0, 0.1) is 13.8 Å². The fourth-order valence-corrected chi connectivity index (χ4v) is 3.61. The van der Waals surface area contributed by atoms with Crippen LogP contribution in [0.25, 0.3) is 0 Å². The summed E-state index contributed by atoms with van der Waals surface area (Å²) in [4.78, 5) is 24.9. The van der Waals surface area contributed by atoms with Crippen LogP contribution in [-0.2, 0) is 11.3 Å². The highest BCUT2D eigenvalue weighted by Crippen LogP contribution is 2.36. The number of benzene rings is 1. The van der Waals surface area contributed by atoms with Crippen molar-refractivity contribution in [1.29, 1.82) is 0 Å². The molecule has 0 aliphatic carbocycles. The number of hydrogen-bond donors (Lipinski definition) is 0. The Bertz CT molecular complexity index is 857. The van der Waals surface area contributed by atoms with Crippen molar-refractivity contribution in [2.75, 3.05) is 20.3 Å². The molecular formula is C20H24BrNO5. The lowest BCUT2D eigenvalue weighted by Crippen LogP contribution is -2.15. The van der Waals surface area contributed by atoms with E-state index in [0.29, 0.717) is 28.1 Å². The second-order valence-corrected chi connectivity index (χ2v) is 6.81. The number of Topliss-reactive ketones (excluding diaryl/α,β-unsaturated/α-hetero) is 1. The van der Waals surface area contributed by atoms with Gasteiger partial charge in [-0.25, -0.2) is 4.79 Å². The van der Waals surface area contributed by atoms with Crippen LogP contribution in [0.2, 0.25) is 0 Å². The van der Waals surface area contributed by atoms with Crippen molar-refractivity contribution in [2.45, 2.75) is 34.2 Å². The van der Waals surface area contributed by atoms with Crippen molar-refractivity contribution in [1.82, 2.24) is 4.57 Å². The number of aromatic nitrogens is 1. The highest BCUT2D eigenvalue weighted by atomic mass is 79.9. The fraction of sp³-hybridized carbons (Fsp3) is 0.400. The summed E-state index contributed by atoms with van der Waals surface area (Å²) < 4.78 is 18.6. The molecule has 0 saturated heterocycles. The maximum Gasteiger partial charge on any atom is 0.338 e. The van der Waals surface area contributed by atoms with E-state index >= 15 is 0 Å². The zero-order valence-corrected chi connectivity index (χ0v) is 17.8. The van der Waals surface area contributed by atoms with Crippen molar-refractivity contribution in [3.8, 4) is 11.5 Å². The first-order valence-electron chi connectivity index (χ1n) is 8.71. The largest absolute Gasteiger partial charge is 0.492 e. The van der Waals surface area contributed by atoms with Gasteiger partial charge in [-0.3, -0.25) is 4.79 Å². The Morgan fingerprint density at radius 1 is 1.15 bits per heavy atom. The third-order valence-corrected chi connectivity index (χ3v) is 4.86. The summed E-state index contributed by atoms with van der Waals surface area (Å²) in [5.41, 5.74) is 2.73. The van der Waals surface area contributed by atoms with Crippen LogP contribution in [0.3, 0.4) is 0 Å². The molecule has 27 heavy (non-hydrogen) atoms. The molecule has 7 heteroatoms. The third kappa shape index (κ3) is 4.53. The molecule has 0 fully saturated rings. The monoisotopic (exact) mass is 437 g/mol. The first-order chi connectivity index (χ1) is 12.8. The Hall–Kier alpha value is -2.28. The summed E-state index contributed by atoms with van der Waals surface area (Å²) in [6.07, 6.45) is 0. The molecule has 0 aliphatic rings. The molecule has 0 atom stereocenters. The van der Waals surface area contributed by atoms with E-state index in [9.17, 15) is 9.59 Å². The van der Waals surface area contributed by atoms with Gasteiger partial charge in [-0.15, -0.1) is 0 Å². The zero-order chi connectivity index (χ0) is 20.1. The summed E-state index contributed by atoms with van der Waals surface area (Å²) in [6.45, 7) is 8.58. The second kappa shape index (κ2) is 9.08. The Labute approximate surface area is 167 Å². The molecule has 1 aromatic carbocycles. The molecule has 1 aromatic heterocycles. The first kappa shape index (κ1) is 21.0. The number of ketones is 1. The smallest absolute Gasteiger partial charge is 0.338 e. The summed E-state index contributed by atoms with van der Waals surface area (Å²) in [7, 11) is 1.52. The average molecular weight is 438 g/mol. The zero-order valence-electron chi connectivity index (χ0n) is 16.2. The van der Waals surface area contributed by atoms with Gasteiger partial charge in [0.1, 0.15) is 0 Å². The number of aryl methyl sites for hydroxylation is 1. The van der Waals surface area contributed by atoms with Crippen molar-refractivity contribution < 1.29 is 23.8 Å². The van der Waals surface area contributed by atoms with Crippen molar-refractivity contribution in [2.24, 2.45) is 0 Å². The molecule has 2 aromatic rings. The number of methoxy groups -OCH3 is 1. The molecular weight excluding hydrogens is 414 g/mol. The molecule has 0 saturated carbocycles. The van der Waals surface area contributed by atoms with Gasteiger partial charge < -0.3 is 18.8 Å². The molecule has 0 N–H and O–H groups in total. The number of rotatable bonds is 8. The molecule has 0 aliphatic heterocycles. The Kier molecular flexibility index (Phi) is 7.07. The average Bonchev–Trinajstić information content (AvgIpc) is 2.93. The van der Waals surface area contributed by atoms with Crippen LogP contribution in [0.1, 0.15) is 46.0 Å². The molecule has 146 valence electrons. The molecule has 6 nitrogen and oxygen atoms in total. The van der Waals surface area contributed by atoms with Gasteiger partial charge >= 0.3 is 5.97 Å². The maximum atomic E-state index is 12.5. The summed E-state index contributed by atoms with van der Waals surface area (Å²) in [5, 5.41) is 0. The third-order valence-electron chi connectivity index (χ3n) is 4.27. The lowest BCUT2D eigenvalue weighted by molar-refractivity contribution is 0.0474. The van der Waals surface area contributed by atoms with E-state index in [1.54, 1.807) is 12.1 Å². The lowest BCUT2D eigenvalue weighted by Gasteiger charge is -2.13. The topological polar surface area (TPSA) is 66.8 Å². The highest BCUT2D eigenvalue weighted by Gasteiger charge is 2.19. The van der Waals surface area contributed by atoms with Gasteiger partial charge in [0.2, 0.25) is 5.78 Å². The number of ether oxygens (including phenoxy) is 3. The van der Waals surface area contributed by atoms with Gasteiger partial charge in [0.25, 0.3) is 0 Å². The van der Waals surface area contributed by atoms with Crippen molar-refractivity contribution in [3.63, 3.8) is 0 Å². The Balaban J connectivity index is 2.15. The van der Waals surface area contributed by atoms with Crippen molar-refractivity contribution in [3.05, 3.63) is 45.2 Å². The first-order valence-corrected chi connectivity index (χ1v) is 9.50. The molecule has 0 radical (unpaired) electrons. The van der Waals surface area contributed by atoms with E-state index in [1.165, 1.54) is 7.11 Å². The van der Waals surface area contributed by atoms with E-state index in [0.717, 1.165) is 17.9 Å². The van der Waals surface area contributed by atoms with Gasteiger partial charge in [0.15, 0.2) is 18.1 Å². The van der Waals surface area contributed by atoms with E-state index in [1.807, 2.05) is 38.3 Å². The van der Waals surface area contributed by atoms with Gasteiger partial charge in [0, 0.05) is 23.5 Å². The molecule has 0 unspecified atom stereocenters. The minimum Gasteiger partial charge on any atom is -0.492 e. The van der Waals surface area contributed by atoms with Crippen LogP contribution in [-0.4, -0.2) is 36.6 Å². The van der Waals surface area contributed by atoms with E-state index in [2.05, 4.69) is 15.9 Å². The Morgan fingerprint density at radius 2 is 1.85 bits per heavy atom. The predicted molar refractivity (Wildman–Crippen MR) is 106 cm³/mol. The fourth-order valence-electron chi connectivity index (χ4n) is 3.01.